The van der Waals surface area contributed by atoms with Crippen molar-refractivity contribution in [1.29, 1.82) is 0 Å². The monoisotopic (exact) mass is 707 g/mol. The van der Waals surface area contributed by atoms with Crippen LogP contribution in [0, 0.1) is 11.6 Å². The number of carbonyl (C=O) groups excluding carboxylic acids is 1. The molecule has 1 saturated heterocycles. The molecule has 3 aromatic carbocycles. The molecule has 0 aliphatic carbocycles. The molecule has 244 valence electrons. The van der Waals surface area contributed by atoms with E-state index in [0.29, 0.717) is 20.9 Å². The second-order valence-corrected chi connectivity index (χ2v) is 14.9. The standard InChI is InChI=1S/C34H35Cl3F2N4O2S/c1-34(2,21-8-10-25(35)27(37)15-21)31-17-40-33(42(31)23-9-11-28(38)30(16-23)45-5)46-19-24-26(36)13-20(14-29(24)39)32(44)41-22-7-6-12-43(3,4)18-22/h8-11,13-17,22H,6-7,12,18-19H2,1-5H3/p+1/t22-/m0/s1. The Bertz CT molecular complexity index is 1760. The number of nitrogens with one attached hydrogen (secondary N) is 1. The topological polar surface area (TPSA) is 56.2 Å². The second kappa shape index (κ2) is 13.7. The lowest BCUT2D eigenvalue weighted by Crippen LogP contribution is -2.55. The molecule has 1 aliphatic rings. The maximum atomic E-state index is 15.5. The van der Waals surface area contributed by atoms with Crippen molar-refractivity contribution < 1.29 is 22.8 Å². The Morgan fingerprint density at radius 3 is 2.50 bits per heavy atom. The van der Waals surface area contributed by atoms with E-state index in [1.54, 1.807) is 30.5 Å². The summed E-state index contributed by atoms with van der Waals surface area (Å²) in [5.74, 6) is -1.23. The summed E-state index contributed by atoms with van der Waals surface area (Å²) in [6.07, 6.45) is 3.63. The molecule has 4 aromatic rings. The number of quaternary nitrogens is 1. The van der Waals surface area contributed by atoms with Crippen LogP contribution in [-0.2, 0) is 11.2 Å². The number of halogens is 5. The van der Waals surface area contributed by atoms with Crippen molar-refractivity contribution in [2.24, 2.45) is 0 Å². The predicted octanol–water partition coefficient (Wildman–Crippen LogP) is 8.71. The number of likely N-dealkylation sites (N-methyl/N-ethyl adjacent to an activating group) is 1. The normalized spacial score (nSPS) is 16.3. The maximum absolute atomic E-state index is 15.5. The first-order valence-corrected chi connectivity index (χ1v) is 16.9. The average molecular weight is 709 g/mol. The van der Waals surface area contributed by atoms with Crippen LogP contribution in [0.4, 0.5) is 8.78 Å². The summed E-state index contributed by atoms with van der Waals surface area (Å²) in [5.41, 5.74) is 2.04. The molecule has 0 saturated carbocycles. The predicted molar refractivity (Wildman–Crippen MR) is 182 cm³/mol. The van der Waals surface area contributed by atoms with Gasteiger partial charge in [0.15, 0.2) is 16.7 Å². The zero-order valence-electron chi connectivity index (χ0n) is 26.3. The van der Waals surface area contributed by atoms with Gasteiger partial charge in [0, 0.05) is 33.4 Å². The summed E-state index contributed by atoms with van der Waals surface area (Å²) in [5, 5.41) is 4.57. The van der Waals surface area contributed by atoms with Gasteiger partial charge in [-0.15, -0.1) is 0 Å². The number of aromatic nitrogens is 2. The van der Waals surface area contributed by atoms with Gasteiger partial charge in [-0.05, 0) is 54.8 Å². The summed E-state index contributed by atoms with van der Waals surface area (Å²) in [6.45, 7) is 5.90. The van der Waals surface area contributed by atoms with Crippen molar-refractivity contribution in [3.8, 4) is 11.4 Å². The number of benzene rings is 3. The van der Waals surface area contributed by atoms with Crippen LogP contribution in [0.15, 0.2) is 59.9 Å². The average Bonchev–Trinajstić information content (AvgIpc) is 3.42. The van der Waals surface area contributed by atoms with E-state index >= 15 is 4.39 Å². The van der Waals surface area contributed by atoms with Crippen LogP contribution in [0.3, 0.4) is 0 Å². The van der Waals surface area contributed by atoms with Gasteiger partial charge < -0.3 is 14.5 Å². The number of amides is 1. The Labute approximate surface area is 287 Å². The molecule has 5 rings (SSSR count). The molecular weight excluding hydrogens is 673 g/mol. The van der Waals surface area contributed by atoms with E-state index < -0.39 is 17.0 Å². The number of ether oxygens (including phenoxy) is 1. The van der Waals surface area contributed by atoms with E-state index in [0.717, 1.165) is 41.7 Å². The first kappa shape index (κ1) is 34.5. The number of imidazole rings is 1. The summed E-state index contributed by atoms with van der Waals surface area (Å²) < 4.78 is 37.9. The van der Waals surface area contributed by atoms with Crippen LogP contribution in [0.5, 0.6) is 5.75 Å². The molecule has 0 spiro atoms. The highest BCUT2D eigenvalue weighted by molar-refractivity contribution is 7.98. The summed E-state index contributed by atoms with van der Waals surface area (Å²) in [7, 11) is 5.67. The van der Waals surface area contributed by atoms with Gasteiger partial charge in [-0.2, -0.15) is 0 Å². The molecule has 1 aromatic heterocycles. The Hall–Kier alpha value is -2.82. The fourth-order valence-corrected chi connectivity index (χ4v) is 7.57. The Balaban J connectivity index is 1.45. The molecule has 6 nitrogen and oxygen atoms in total. The fourth-order valence-electron chi connectivity index (χ4n) is 5.89. The van der Waals surface area contributed by atoms with Crippen LogP contribution in [0.1, 0.15) is 53.9 Å². The van der Waals surface area contributed by atoms with E-state index in [1.165, 1.54) is 37.1 Å². The minimum Gasteiger partial charge on any atom is -0.494 e. The highest BCUT2D eigenvalue weighted by Gasteiger charge is 2.31. The van der Waals surface area contributed by atoms with Gasteiger partial charge in [0.2, 0.25) is 0 Å². The van der Waals surface area contributed by atoms with Crippen LogP contribution < -0.4 is 10.1 Å². The summed E-state index contributed by atoms with van der Waals surface area (Å²) in [6, 6.07) is 12.7. The molecule has 12 heteroatoms. The third kappa shape index (κ3) is 7.34. The fraction of sp³-hybridized carbons (Fsp3) is 0.353. The molecule has 0 unspecified atom stereocenters. The first-order chi connectivity index (χ1) is 21.7. The van der Waals surface area contributed by atoms with Gasteiger partial charge in [-0.1, -0.05) is 66.5 Å². The van der Waals surface area contributed by atoms with E-state index in [2.05, 4.69) is 19.4 Å². The number of carbonyl (C=O) groups is 1. The molecule has 1 atom stereocenters. The molecule has 46 heavy (non-hydrogen) atoms. The highest BCUT2D eigenvalue weighted by atomic mass is 35.5. The number of piperidine rings is 1. The maximum Gasteiger partial charge on any atom is 0.251 e. The zero-order valence-corrected chi connectivity index (χ0v) is 29.3. The number of nitrogens with zero attached hydrogens (tertiary/aromatic N) is 3. The Morgan fingerprint density at radius 1 is 1.07 bits per heavy atom. The minimum atomic E-state index is -0.633. The minimum absolute atomic E-state index is 0.0135. The number of hydrogen-bond donors (Lipinski definition) is 1. The largest absolute Gasteiger partial charge is 0.494 e. The van der Waals surface area contributed by atoms with Gasteiger partial charge >= 0.3 is 0 Å². The van der Waals surface area contributed by atoms with Crippen molar-refractivity contribution >= 4 is 52.5 Å². The number of methoxy groups -OCH3 is 1. The van der Waals surface area contributed by atoms with Crippen molar-refractivity contribution in [3.63, 3.8) is 0 Å². The van der Waals surface area contributed by atoms with Gasteiger partial charge in [-0.3, -0.25) is 9.36 Å². The Kier molecular flexibility index (Phi) is 10.3. The SMILES string of the molecule is COc1cc(-n2c(C(C)(C)c3ccc(Cl)c(Cl)c3)cnc2SCc2c(F)cc(C(=O)N[C@H]3CCC[N+](C)(C)C3)cc2Cl)ccc1F. The molecule has 0 bridgehead atoms. The summed E-state index contributed by atoms with van der Waals surface area (Å²) in [4.78, 5) is 17.7. The number of hydrogen-bond acceptors (Lipinski definition) is 4. The lowest BCUT2D eigenvalue weighted by atomic mass is 9.81. The smallest absolute Gasteiger partial charge is 0.251 e. The number of likely N-dealkylation sites (tertiary alicyclic amines) is 1. The molecule has 1 amide bonds. The zero-order chi connectivity index (χ0) is 33.4. The van der Waals surface area contributed by atoms with E-state index in [9.17, 15) is 9.18 Å². The van der Waals surface area contributed by atoms with Crippen molar-refractivity contribution in [2.45, 2.75) is 49.1 Å². The van der Waals surface area contributed by atoms with E-state index in [4.69, 9.17) is 44.5 Å². The lowest BCUT2D eigenvalue weighted by molar-refractivity contribution is -0.896. The van der Waals surface area contributed by atoms with Crippen LogP contribution in [-0.4, -0.2) is 60.3 Å². The second-order valence-electron chi connectivity index (χ2n) is 12.7. The molecule has 1 aliphatic heterocycles. The highest BCUT2D eigenvalue weighted by Crippen LogP contribution is 2.40. The third-order valence-corrected chi connectivity index (χ3v) is 10.6. The number of thioether (sulfide) groups is 1. The van der Waals surface area contributed by atoms with Crippen molar-refractivity contribution in [1.82, 2.24) is 14.9 Å². The number of rotatable bonds is 9. The van der Waals surface area contributed by atoms with Crippen molar-refractivity contribution in [2.75, 3.05) is 34.3 Å². The quantitative estimate of drug-likeness (QED) is 0.140. The van der Waals surface area contributed by atoms with Crippen LogP contribution in [0.25, 0.3) is 5.69 Å². The molecular formula is C34H36Cl3F2N4O2S+. The van der Waals surface area contributed by atoms with E-state index in [1.807, 2.05) is 24.5 Å². The van der Waals surface area contributed by atoms with Gasteiger partial charge in [0.25, 0.3) is 5.91 Å². The van der Waals surface area contributed by atoms with Crippen molar-refractivity contribution in [3.05, 3.63) is 104 Å². The molecule has 1 N–H and O–H groups in total. The van der Waals surface area contributed by atoms with Gasteiger partial charge in [0.1, 0.15) is 5.82 Å². The first-order valence-electron chi connectivity index (χ1n) is 14.8. The Morgan fingerprint density at radius 2 is 1.83 bits per heavy atom. The lowest BCUT2D eigenvalue weighted by Gasteiger charge is -2.38. The third-order valence-electron chi connectivity index (χ3n) is 8.52. The molecule has 2 heterocycles. The summed E-state index contributed by atoms with van der Waals surface area (Å²) >= 11 is 20.4. The van der Waals surface area contributed by atoms with Gasteiger partial charge in [0.05, 0.1) is 68.0 Å². The molecule has 1 fully saturated rings. The van der Waals surface area contributed by atoms with E-state index in [-0.39, 0.29) is 39.6 Å². The van der Waals surface area contributed by atoms with Gasteiger partial charge in [-0.25, -0.2) is 13.8 Å². The van der Waals surface area contributed by atoms with Crippen LogP contribution >= 0.6 is 46.6 Å². The molecule has 0 radical (unpaired) electrons. The van der Waals surface area contributed by atoms with Crippen LogP contribution in [0.2, 0.25) is 15.1 Å².